The predicted molar refractivity (Wildman–Crippen MR) is 96.2 cm³/mol. The Balaban J connectivity index is 1.89. The summed E-state index contributed by atoms with van der Waals surface area (Å²) in [6.45, 7) is 0.197. The Hall–Kier alpha value is -2.55. The summed E-state index contributed by atoms with van der Waals surface area (Å²) in [5, 5.41) is 0.627. The van der Waals surface area contributed by atoms with E-state index >= 15 is 0 Å². The van der Waals surface area contributed by atoms with Crippen LogP contribution in [0.4, 0.5) is 0 Å². The molecule has 0 saturated carbocycles. The highest BCUT2D eigenvalue weighted by Gasteiger charge is 2.08. The number of para-hydroxylation sites is 1. The molecule has 0 spiro atoms. The van der Waals surface area contributed by atoms with Crippen LogP contribution in [0.15, 0.2) is 53.5 Å². The second-order valence-electron chi connectivity index (χ2n) is 4.89. The number of thiazole rings is 1. The van der Waals surface area contributed by atoms with E-state index in [0.717, 1.165) is 10.2 Å². The second kappa shape index (κ2) is 7.35. The van der Waals surface area contributed by atoms with Crippen LogP contribution in [-0.4, -0.2) is 17.1 Å². The zero-order chi connectivity index (χ0) is 16.9. The van der Waals surface area contributed by atoms with Crippen molar-refractivity contribution in [1.82, 2.24) is 4.57 Å². The molecule has 0 radical (unpaired) electrons. The Kier molecular flexibility index (Phi) is 4.99. The summed E-state index contributed by atoms with van der Waals surface area (Å²) < 4.78 is 8.16. The molecule has 0 unspecified atom stereocenters. The van der Waals surface area contributed by atoms with Gasteiger partial charge in [0.25, 0.3) is 5.91 Å². The van der Waals surface area contributed by atoms with E-state index in [1.165, 1.54) is 11.3 Å². The van der Waals surface area contributed by atoms with Crippen LogP contribution >= 0.6 is 22.9 Å². The van der Waals surface area contributed by atoms with Gasteiger partial charge in [-0.05, 0) is 30.3 Å². The number of fused-ring (bicyclic) bond motifs is 1. The van der Waals surface area contributed by atoms with Crippen molar-refractivity contribution in [3.05, 3.63) is 58.4 Å². The molecule has 1 heterocycles. The highest BCUT2D eigenvalue weighted by molar-refractivity contribution is 7.16. The van der Waals surface area contributed by atoms with E-state index in [-0.39, 0.29) is 12.5 Å². The SMILES string of the molecule is C#CCn1c(=NC(=O)COc2ccccc2)sc2cc(Cl)ccc21. The minimum Gasteiger partial charge on any atom is -0.484 e. The number of benzene rings is 2. The molecule has 4 nitrogen and oxygen atoms in total. The molecule has 0 atom stereocenters. The fourth-order valence-electron chi connectivity index (χ4n) is 2.18. The average Bonchev–Trinajstić information content (AvgIpc) is 2.91. The monoisotopic (exact) mass is 356 g/mol. The Morgan fingerprint density at radius 1 is 1.29 bits per heavy atom. The number of rotatable bonds is 4. The van der Waals surface area contributed by atoms with Crippen LogP contribution in [-0.2, 0) is 11.3 Å². The molecule has 0 bridgehead atoms. The maximum absolute atomic E-state index is 12.1. The zero-order valence-electron chi connectivity index (χ0n) is 12.6. The third-order valence-corrected chi connectivity index (χ3v) is 4.50. The van der Waals surface area contributed by atoms with Gasteiger partial charge >= 0.3 is 0 Å². The number of nitrogens with zero attached hydrogens (tertiary/aromatic N) is 2. The lowest BCUT2D eigenvalue weighted by molar-refractivity contribution is -0.120. The Labute approximate surface area is 148 Å². The molecule has 3 rings (SSSR count). The summed E-state index contributed by atoms with van der Waals surface area (Å²) in [7, 11) is 0. The van der Waals surface area contributed by atoms with Crippen LogP contribution in [0.3, 0.4) is 0 Å². The first-order valence-electron chi connectivity index (χ1n) is 7.15. The Bertz CT molecular complexity index is 984. The summed E-state index contributed by atoms with van der Waals surface area (Å²) in [6, 6.07) is 14.6. The molecule has 0 N–H and O–H groups in total. The molecule has 0 aliphatic heterocycles. The molecule has 6 heteroatoms. The van der Waals surface area contributed by atoms with Gasteiger partial charge in [0.1, 0.15) is 5.75 Å². The van der Waals surface area contributed by atoms with Crippen LogP contribution in [0, 0.1) is 12.3 Å². The van der Waals surface area contributed by atoms with Crippen LogP contribution in [0.2, 0.25) is 5.02 Å². The standard InChI is InChI=1S/C18H13ClN2O2S/c1-2-10-21-15-9-8-13(19)11-16(15)24-18(21)20-17(22)12-23-14-6-4-3-5-7-14/h1,3-9,11H,10,12H2. The van der Waals surface area contributed by atoms with Gasteiger partial charge < -0.3 is 9.30 Å². The molecule has 3 aromatic rings. The summed E-state index contributed by atoms with van der Waals surface area (Å²) in [4.78, 5) is 16.8. The molecule has 0 fully saturated rings. The Morgan fingerprint density at radius 3 is 2.83 bits per heavy atom. The smallest absolute Gasteiger partial charge is 0.286 e. The molecule has 120 valence electrons. The van der Waals surface area contributed by atoms with E-state index in [2.05, 4.69) is 10.9 Å². The molecule has 0 aliphatic rings. The average molecular weight is 357 g/mol. The first-order chi connectivity index (χ1) is 11.7. The fourth-order valence-corrected chi connectivity index (χ4v) is 3.50. The van der Waals surface area contributed by atoms with Gasteiger partial charge in [0.2, 0.25) is 0 Å². The van der Waals surface area contributed by atoms with E-state index in [0.29, 0.717) is 22.1 Å². The van der Waals surface area contributed by atoms with E-state index < -0.39 is 0 Å². The first-order valence-corrected chi connectivity index (χ1v) is 8.34. The lowest BCUT2D eigenvalue weighted by Gasteiger charge is -2.02. The van der Waals surface area contributed by atoms with E-state index in [1.54, 1.807) is 18.2 Å². The molecule has 0 saturated heterocycles. The van der Waals surface area contributed by atoms with Gasteiger partial charge in [0.15, 0.2) is 11.4 Å². The number of aromatic nitrogens is 1. The van der Waals surface area contributed by atoms with Crippen LogP contribution < -0.4 is 9.54 Å². The van der Waals surface area contributed by atoms with Crippen molar-refractivity contribution in [3.63, 3.8) is 0 Å². The highest BCUT2D eigenvalue weighted by Crippen LogP contribution is 2.21. The second-order valence-corrected chi connectivity index (χ2v) is 6.34. The summed E-state index contributed by atoms with van der Waals surface area (Å²) in [5.41, 5.74) is 0.901. The zero-order valence-corrected chi connectivity index (χ0v) is 14.2. The number of ether oxygens (including phenoxy) is 1. The minimum absolute atomic E-state index is 0.130. The molecule has 2 aromatic carbocycles. The number of hydrogen-bond donors (Lipinski definition) is 0. The van der Waals surface area contributed by atoms with E-state index in [9.17, 15) is 4.79 Å². The van der Waals surface area contributed by atoms with Gasteiger partial charge in [-0.25, -0.2) is 0 Å². The van der Waals surface area contributed by atoms with Gasteiger partial charge in [-0.15, -0.1) is 6.42 Å². The summed E-state index contributed by atoms with van der Waals surface area (Å²) in [5.74, 6) is 2.84. The number of halogens is 1. The first kappa shape index (κ1) is 16.3. The van der Waals surface area contributed by atoms with Gasteiger partial charge in [-0.3, -0.25) is 4.79 Å². The largest absolute Gasteiger partial charge is 0.484 e. The van der Waals surface area contributed by atoms with Crippen molar-refractivity contribution in [3.8, 4) is 18.1 Å². The van der Waals surface area contributed by atoms with Crippen molar-refractivity contribution in [2.75, 3.05) is 6.61 Å². The normalized spacial score (nSPS) is 11.4. The number of hydrogen-bond acceptors (Lipinski definition) is 3. The number of terminal acetylenes is 1. The van der Waals surface area contributed by atoms with Crippen molar-refractivity contribution < 1.29 is 9.53 Å². The van der Waals surface area contributed by atoms with Gasteiger partial charge in [-0.2, -0.15) is 4.99 Å². The van der Waals surface area contributed by atoms with Crippen LogP contribution in [0.1, 0.15) is 0 Å². The van der Waals surface area contributed by atoms with Crippen LogP contribution in [0.25, 0.3) is 10.2 Å². The lowest BCUT2D eigenvalue weighted by atomic mass is 10.3. The maximum atomic E-state index is 12.1. The third kappa shape index (κ3) is 3.67. The van der Waals surface area contributed by atoms with E-state index in [4.69, 9.17) is 22.8 Å². The predicted octanol–water partition coefficient (Wildman–Crippen LogP) is 3.50. The highest BCUT2D eigenvalue weighted by atomic mass is 35.5. The number of amides is 1. The number of carbonyl (C=O) groups is 1. The Morgan fingerprint density at radius 2 is 2.08 bits per heavy atom. The maximum Gasteiger partial charge on any atom is 0.286 e. The van der Waals surface area contributed by atoms with Crippen molar-refractivity contribution in [2.45, 2.75) is 6.54 Å². The molecular formula is C18H13ClN2O2S. The summed E-state index contributed by atoms with van der Waals surface area (Å²) >= 11 is 7.39. The lowest BCUT2D eigenvalue weighted by Crippen LogP contribution is -2.19. The van der Waals surface area contributed by atoms with Gasteiger partial charge in [0, 0.05) is 5.02 Å². The minimum atomic E-state index is -0.373. The van der Waals surface area contributed by atoms with Gasteiger partial charge in [-0.1, -0.05) is 47.1 Å². The van der Waals surface area contributed by atoms with Crippen LogP contribution in [0.5, 0.6) is 5.75 Å². The molecule has 0 aliphatic carbocycles. The molecular weight excluding hydrogens is 344 g/mol. The third-order valence-electron chi connectivity index (χ3n) is 3.22. The van der Waals surface area contributed by atoms with Crippen molar-refractivity contribution in [1.29, 1.82) is 0 Å². The molecule has 1 aromatic heterocycles. The van der Waals surface area contributed by atoms with E-state index in [1.807, 2.05) is 34.9 Å². The van der Waals surface area contributed by atoms with Gasteiger partial charge in [0.05, 0.1) is 16.8 Å². The topological polar surface area (TPSA) is 43.6 Å². The molecule has 24 heavy (non-hydrogen) atoms. The quantitative estimate of drug-likeness (QED) is 0.671. The van der Waals surface area contributed by atoms with Crippen molar-refractivity contribution >= 4 is 39.1 Å². The van der Waals surface area contributed by atoms with Crippen molar-refractivity contribution in [2.24, 2.45) is 4.99 Å². The fraction of sp³-hybridized carbons (Fsp3) is 0.111. The molecule has 1 amide bonds. The number of carbonyl (C=O) groups excluding carboxylic acids is 1. The summed E-state index contributed by atoms with van der Waals surface area (Å²) in [6.07, 6.45) is 5.43.